The minimum atomic E-state index is -0.653. The van der Waals surface area contributed by atoms with Crippen molar-refractivity contribution in [3.05, 3.63) is 76.5 Å². The lowest BCUT2D eigenvalue weighted by Gasteiger charge is -2.27. The predicted molar refractivity (Wildman–Crippen MR) is 104 cm³/mol. The first-order valence-corrected chi connectivity index (χ1v) is 9.42. The van der Waals surface area contributed by atoms with Crippen molar-refractivity contribution in [2.45, 2.75) is 19.5 Å². The van der Waals surface area contributed by atoms with Crippen LogP contribution in [0.1, 0.15) is 22.4 Å². The van der Waals surface area contributed by atoms with E-state index in [9.17, 15) is 23.9 Å². The van der Waals surface area contributed by atoms with E-state index in [1.54, 1.807) is 27.8 Å². The van der Waals surface area contributed by atoms with Crippen molar-refractivity contribution >= 4 is 5.91 Å². The number of nitrogens with zero attached hydrogens (tertiary/aromatic N) is 4. The Morgan fingerprint density at radius 1 is 1.23 bits per heavy atom. The standard InChI is InChI=1S/C22H18F2N4O2/c23-17-5-4-16(19(24)9-17)11-28-20-6-7-27(21(30)13-29)12-18(20)22(26-28)15-3-1-2-14(8-15)10-25/h1-5,8-9,29H,6-7,11-13H2. The molecule has 8 heteroatoms. The Labute approximate surface area is 171 Å². The van der Waals surface area contributed by atoms with Crippen molar-refractivity contribution in [1.29, 1.82) is 5.26 Å². The maximum atomic E-state index is 14.2. The van der Waals surface area contributed by atoms with Gasteiger partial charge in [-0.1, -0.05) is 18.2 Å². The Hall–Kier alpha value is -3.57. The molecule has 0 radical (unpaired) electrons. The van der Waals surface area contributed by atoms with Crippen LogP contribution < -0.4 is 0 Å². The number of aliphatic hydroxyl groups is 1. The van der Waals surface area contributed by atoms with Gasteiger partial charge in [0.25, 0.3) is 0 Å². The lowest BCUT2D eigenvalue weighted by Crippen LogP contribution is -2.38. The average Bonchev–Trinajstić information content (AvgIpc) is 3.12. The van der Waals surface area contributed by atoms with E-state index in [1.165, 1.54) is 12.1 Å². The SMILES string of the molecule is N#Cc1cccc(-c2nn(Cc3ccc(F)cc3F)c3c2CN(C(=O)CO)CC3)c1. The van der Waals surface area contributed by atoms with E-state index in [-0.39, 0.29) is 19.0 Å². The second-order valence-electron chi connectivity index (χ2n) is 7.08. The number of aromatic nitrogens is 2. The van der Waals surface area contributed by atoms with Gasteiger partial charge in [0.1, 0.15) is 18.2 Å². The number of hydrogen-bond acceptors (Lipinski definition) is 4. The van der Waals surface area contributed by atoms with Gasteiger partial charge >= 0.3 is 0 Å². The summed E-state index contributed by atoms with van der Waals surface area (Å²) in [7, 11) is 0. The summed E-state index contributed by atoms with van der Waals surface area (Å²) in [6.45, 7) is 0.193. The van der Waals surface area contributed by atoms with E-state index in [0.717, 1.165) is 17.3 Å². The lowest BCUT2D eigenvalue weighted by molar-refractivity contribution is -0.135. The molecule has 3 aromatic rings. The lowest BCUT2D eigenvalue weighted by atomic mass is 9.99. The summed E-state index contributed by atoms with van der Waals surface area (Å²) in [6, 6.07) is 12.5. The number of hydrogen-bond donors (Lipinski definition) is 1. The molecule has 0 saturated carbocycles. The molecule has 152 valence electrons. The summed E-state index contributed by atoms with van der Waals surface area (Å²) in [4.78, 5) is 13.6. The van der Waals surface area contributed by atoms with E-state index in [0.29, 0.717) is 35.3 Å². The summed E-state index contributed by atoms with van der Waals surface area (Å²) in [5, 5.41) is 23.1. The van der Waals surface area contributed by atoms with Gasteiger partial charge in [-0.2, -0.15) is 10.4 Å². The molecule has 0 aliphatic carbocycles. The summed E-state index contributed by atoms with van der Waals surface area (Å²) < 4.78 is 29.1. The number of carbonyl (C=O) groups excluding carboxylic acids is 1. The maximum Gasteiger partial charge on any atom is 0.248 e. The fourth-order valence-corrected chi connectivity index (χ4v) is 3.71. The van der Waals surface area contributed by atoms with E-state index in [2.05, 4.69) is 11.2 Å². The van der Waals surface area contributed by atoms with Gasteiger partial charge in [-0.15, -0.1) is 0 Å². The van der Waals surface area contributed by atoms with Gasteiger partial charge < -0.3 is 10.0 Å². The van der Waals surface area contributed by atoms with Gasteiger partial charge in [0, 0.05) is 48.0 Å². The summed E-state index contributed by atoms with van der Waals surface area (Å²) in [5.74, 6) is -1.68. The largest absolute Gasteiger partial charge is 0.387 e. The summed E-state index contributed by atoms with van der Waals surface area (Å²) >= 11 is 0. The molecule has 1 aliphatic rings. The van der Waals surface area contributed by atoms with Gasteiger partial charge in [0.05, 0.1) is 23.9 Å². The third-order valence-corrected chi connectivity index (χ3v) is 5.22. The van der Waals surface area contributed by atoms with Crippen molar-refractivity contribution in [3.63, 3.8) is 0 Å². The zero-order valence-electron chi connectivity index (χ0n) is 16.0. The average molecular weight is 408 g/mol. The number of nitriles is 1. The second-order valence-corrected chi connectivity index (χ2v) is 7.08. The van der Waals surface area contributed by atoms with Gasteiger partial charge in [0.2, 0.25) is 5.91 Å². The van der Waals surface area contributed by atoms with Crippen molar-refractivity contribution in [3.8, 4) is 17.3 Å². The molecule has 0 unspecified atom stereocenters. The zero-order chi connectivity index (χ0) is 21.3. The van der Waals surface area contributed by atoms with Gasteiger partial charge in [-0.3, -0.25) is 9.48 Å². The van der Waals surface area contributed by atoms with E-state index >= 15 is 0 Å². The number of fused-ring (bicyclic) bond motifs is 1. The van der Waals surface area contributed by atoms with Crippen LogP contribution in [0.5, 0.6) is 0 Å². The van der Waals surface area contributed by atoms with Crippen LogP contribution in [0.25, 0.3) is 11.3 Å². The Morgan fingerprint density at radius 3 is 2.80 bits per heavy atom. The second kappa shape index (κ2) is 8.05. The predicted octanol–water partition coefficient (Wildman–Crippen LogP) is 2.63. The van der Waals surface area contributed by atoms with Crippen LogP contribution in [0.2, 0.25) is 0 Å². The Kier molecular flexibility index (Phi) is 5.29. The van der Waals surface area contributed by atoms with E-state index in [4.69, 9.17) is 0 Å². The maximum absolute atomic E-state index is 14.2. The van der Waals surface area contributed by atoms with Crippen LogP contribution >= 0.6 is 0 Å². The molecular formula is C22H18F2N4O2. The third-order valence-electron chi connectivity index (χ3n) is 5.22. The van der Waals surface area contributed by atoms with Crippen LogP contribution in [0.4, 0.5) is 8.78 Å². The smallest absolute Gasteiger partial charge is 0.248 e. The van der Waals surface area contributed by atoms with Gasteiger partial charge in [0.15, 0.2) is 0 Å². The molecule has 1 aliphatic heterocycles. The highest BCUT2D eigenvalue weighted by Gasteiger charge is 2.28. The Bertz CT molecular complexity index is 1170. The van der Waals surface area contributed by atoms with Crippen LogP contribution in [-0.2, 0) is 24.3 Å². The van der Waals surface area contributed by atoms with Crippen molar-refractivity contribution in [1.82, 2.24) is 14.7 Å². The number of benzene rings is 2. The highest BCUT2D eigenvalue weighted by molar-refractivity contribution is 5.78. The highest BCUT2D eigenvalue weighted by atomic mass is 19.1. The number of rotatable bonds is 4. The van der Waals surface area contributed by atoms with Crippen LogP contribution in [-0.4, -0.2) is 38.8 Å². The topological polar surface area (TPSA) is 82.2 Å². The zero-order valence-corrected chi connectivity index (χ0v) is 16.0. The Balaban J connectivity index is 1.79. The number of aliphatic hydroxyl groups excluding tert-OH is 1. The monoisotopic (exact) mass is 408 g/mol. The first-order valence-electron chi connectivity index (χ1n) is 9.42. The van der Waals surface area contributed by atoms with Crippen molar-refractivity contribution in [2.24, 2.45) is 0 Å². The van der Waals surface area contributed by atoms with E-state index in [1.807, 2.05) is 6.07 Å². The molecule has 0 atom stereocenters. The minimum Gasteiger partial charge on any atom is -0.387 e. The molecule has 30 heavy (non-hydrogen) atoms. The van der Waals surface area contributed by atoms with Gasteiger partial charge in [-0.25, -0.2) is 8.78 Å². The van der Waals surface area contributed by atoms with Crippen LogP contribution in [0.3, 0.4) is 0 Å². The molecule has 0 fully saturated rings. The van der Waals surface area contributed by atoms with Crippen LogP contribution in [0, 0.1) is 23.0 Å². The summed E-state index contributed by atoms with van der Waals surface area (Å²) in [5.41, 5.74) is 3.72. The number of halogens is 2. The third kappa shape index (κ3) is 3.67. The van der Waals surface area contributed by atoms with Crippen molar-refractivity contribution in [2.75, 3.05) is 13.2 Å². The first-order chi connectivity index (χ1) is 14.5. The molecule has 0 bridgehead atoms. The highest BCUT2D eigenvalue weighted by Crippen LogP contribution is 2.31. The molecule has 4 rings (SSSR count). The molecule has 0 spiro atoms. The molecule has 2 aromatic carbocycles. The molecule has 6 nitrogen and oxygen atoms in total. The number of amides is 1. The molecule has 1 aromatic heterocycles. The molecule has 1 N–H and O–H groups in total. The molecule has 0 saturated heterocycles. The molecular weight excluding hydrogens is 390 g/mol. The summed E-state index contributed by atoms with van der Waals surface area (Å²) in [6.07, 6.45) is 0.481. The molecule has 2 heterocycles. The molecule has 1 amide bonds. The normalized spacial score (nSPS) is 13.1. The quantitative estimate of drug-likeness (QED) is 0.720. The first kappa shape index (κ1) is 19.7. The van der Waals surface area contributed by atoms with Crippen molar-refractivity contribution < 1.29 is 18.7 Å². The fraction of sp³-hybridized carbons (Fsp3) is 0.227. The number of carbonyl (C=O) groups is 1. The van der Waals surface area contributed by atoms with Gasteiger partial charge in [-0.05, 0) is 18.2 Å². The van der Waals surface area contributed by atoms with E-state index < -0.39 is 18.2 Å². The minimum absolute atomic E-state index is 0.111. The Morgan fingerprint density at radius 2 is 2.07 bits per heavy atom. The fourth-order valence-electron chi connectivity index (χ4n) is 3.71. The van der Waals surface area contributed by atoms with Crippen LogP contribution in [0.15, 0.2) is 42.5 Å².